The van der Waals surface area contributed by atoms with Crippen LogP contribution >= 0.6 is 0 Å². The number of alkyl halides is 3. The standard InChI is InChI=1S/C24H16F5N3O2/c25-20-8-7-15(9-21(20)26)12-31-23(33)22-13-30-14-32(22)18-5-1-3-16(10-18)17-4-2-6-19(11-17)34-24(27,28)29/h1-11,13-14H,12H2,(H,31,33). The Morgan fingerprint density at radius 3 is 2.41 bits per heavy atom. The summed E-state index contributed by atoms with van der Waals surface area (Å²) in [5, 5.41) is 2.62. The first-order chi connectivity index (χ1) is 16.2. The van der Waals surface area contributed by atoms with Crippen molar-refractivity contribution in [2.45, 2.75) is 12.9 Å². The third kappa shape index (κ3) is 5.40. The summed E-state index contributed by atoms with van der Waals surface area (Å²) in [4.78, 5) is 16.7. The molecule has 0 aliphatic heterocycles. The number of nitrogens with one attached hydrogen (secondary N) is 1. The summed E-state index contributed by atoms with van der Waals surface area (Å²) in [6.07, 6.45) is -2.06. The van der Waals surface area contributed by atoms with Crippen molar-refractivity contribution in [2.24, 2.45) is 0 Å². The minimum atomic E-state index is -4.81. The lowest BCUT2D eigenvalue weighted by Gasteiger charge is -2.12. The van der Waals surface area contributed by atoms with E-state index in [1.165, 1.54) is 41.4 Å². The summed E-state index contributed by atoms with van der Waals surface area (Å²) in [5.41, 5.74) is 2.16. The van der Waals surface area contributed by atoms with Crippen LogP contribution in [-0.4, -0.2) is 21.8 Å². The normalized spacial score (nSPS) is 11.3. The molecule has 34 heavy (non-hydrogen) atoms. The quantitative estimate of drug-likeness (QED) is 0.369. The summed E-state index contributed by atoms with van der Waals surface area (Å²) in [6.45, 7) is -0.0345. The summed E-state index contributed by atoms with van der Waals surface area (Å²) < 4.78 is 69.6. The van der Waals surface area contributed by atoms with Gasteiger partial charge in [0, 0.05) is 12.2 Å². The Labute approximate surface area is 190 Å². The summed E-state index contributed by atoms with van der Waals surface area (Å²) >= 11 is 0. The summed E-state index contributed by atoms with van der Waals surface area (Å²) in [5.74, 6) is -2.86. The smallest absolute Gasteiger partial charge is 0.406 e. The summed E-state index contributed by atoms with van der Waals surface area (Å²) in [6, 6.07) is 15.6. The third-order valence-corrected chi connectivity index (χ3v) is 4.83. The fourth-order valence-electron chi connectivity index (χ4n) is 3.30. The molecule has 0 aliphatic carbocycles. The molecule has 10 heteroatoms. The zero-order valence-electron chi connectivity index (χ0n) is 17.3. The van der Waals surface area contributed by atoms with E-state index in [1.807, 2.05) is 0 Å². The van der Waals surface area contributed by atoms with Crippen LogP contribution < -0.4 is 10.1 Å². The second-order valence-corrected chi connectivity index (χ2v) is 7.21. The monoisotopic (exact) mass is 473 g/mol. The molecule has 1 aromatic heterocycles. The van der Waals surface area contributed by atoms with Gasteiger partial charge in [-0.15, -0.1) is 13.2 Å². The number of imidazole rings is 1. The Kier molecular flexibility index (Phi) is 6.31. The predicted octanol–water partition coefficient (Wildman–Crippen LogP) is 5.65. The van der Waals surface area contributed by atoms with E-state index in [9.17, 15) is 26.7 Å². The number of carbonyl (C=O) groups is 1. The Balaban J connectivity index is 1.55. The van der Waals surface area contributed by atoms with Gasteiger partial charge < -0.3 is 10.1 Å². The van der Waals surface area contributed by atoms with Crippen molar-refractivity contribution in [1.29, 1.82) is 0 Å². The van der Waals surface area contributed by atoms with Gasteiger partial charge in [-0.2, -0.15) is 0 Å². The van der Waals surface area contributed by atoms with Crippen LogP contribution in [0.15, 0.2) is 79.3 Å². The number of amides is 1. The molecule has 0 radical (unpaired) electrons. The highest BCUT2D eigenvalue weighted by Gasteiger charge is 2.31. The fourth-order valence-corrected chi connectivity index (χ4v) is 3.30. The van der Waals surface area contributed by atoms with Crippen LogP contribution in [0.5, 0.6) is 5.75 Å². The SMILES string of the molecule is O=C(NCc1ccc(F)c(F)c1)c1cncn1-c1cccc(-c2cccc(OC(F)(F)F)c2)c1. The van der Waals surface area contributed by atoms with Gasteiger partial charge in [0.1, 0.15) is 11.4 Å². The van der Waals surface area contributed by atoms with Crippen LogP contribution in [0.25, 0.3) is 16.8 Å². The molecule has 5 nitrogen and oxygen atoms in total. The topological polar surface area (TPSA) is 56.2 Å². The maximum atomic E-state index is 13.4. The number of rotatable bonds is 6. The van der Waals surface area contributed by atoms with Crippen molar-refractivity contribution in [2.75, 3.05) is 0 Å². The van der Waals surface area contributed by atoms with Crippen LogP contribution in [0.2, 0.25) is 0 Å². The van der Waals surface area contributed by atoms with Crippen LogP contribution in [0.3, 0.4) is 0 Å². The predicted molar refractivity (Wildman–Crippen MR) is 113 cm³/mol. The lowest BCUT2D eigenvalue weighted by molar-refractivity contribution is -0.274. The molecule has 1 N–H and O–H groups in total. The molecule has 0 saturated carbocycles. The molecule has 4 rings (SSSR count). The molecule has 0 unspecified atom stereocenters. The zero-order valence-corrected chi connectivity index (χ0v) is 17.3. The van der Waals surface area contributed by atoms with Gasteiger partial charge in [0.05, 0.1) is 12.5 Å². The number of ether oxygens (including phenoxy) is 1. The zero-order chi connectivity index (χ0) is 24.3. The molecule has 174 valence electrons. The first-order valence-electron chi connectivity index (χ1n) is 9.91. The maximum Gasteiger partial charge on any atom is 0.573 e. The molecule has 0 fully saturated rings. The van der Waals surface area contributed by atoms with Crippen molar-refractivity contribution in [3.63, 3.8) is 0 Å². The number of hydrogen-bond acceptors (Lipinski definition) is 3. The van der Waals surface area contributed by atoms with Crippen molar-refractivity contribution < 1.29 is 31.5 Å². The summed E-state index contributed by atoms with van der Waals surface area (Å²) in [7, 11) is 0. The minimum Gasteiger partial charge on any atom is -0.406 e. The van der Waals surface area contributed by atoms with Gasteiger partial charge in [0.15, 0.2) is 11.6 Å². The number of halogens is 5. The molecule has 0 bridgehead atoms. The van der Waals surface area contributed by atoms with E-state index in [4.69, 9.17) is 0 Å². The van der Waals surface area contributed by atoms with Gasteiger partial charge in [-0.25, -0.2) is 13.8 Å². The van der Waals surface area contributed by atoms with E-state index in [1.54, 1.807) is 30.3 Å². The number of carbonyl (C=O) groups excluding carboxylic acids is 1. The Morgan fingerprint density at radius 2 is 1.68 bits per heavy atom. The lowest BCUT2D eigenvalue weighted by atomic mass is 10.0. The van der Waals surface area contributed by atoms with E-state index >= 15 is 0 Å². The molecule has 0 atom stereocenters. The number of nitrogens with zero attached hydrogens (tertiary/aromatic N) is 2. The molecule has 1 amide bonds. The number of hydrogen-bond donors (Lipinski definition) is 1. The Morgan fingerprint density at radius 1 is 0.941 bits per heavy atom. The van der Waals surface area contributed by atoms with Crippen LogP contribution in [0.1, 0.15) is 16.1 Å². The van der Waals surface area contributed by atoms with Crippen molar-refractivity contribution >= 4 is 5.91 Å². The molecular formula is C24H16F5N3O2. The van der Waals surface area contributed by atoms with E-state index < -0.39 is 23.9 Å². The molecule has 0 spiro atoms. The van der Waals surface area contributed by atoms with Crippen LogP contribution in [0, 0.1) is 11.6 Å². The third-order valence-electron chi connectivity index (χ3n) is 4.83. The minimum absolute atomic E-state index is 0.0345. The molecule has 3 aromatic carbocycles. The average Bonchev–Trinajstić information content (AvgIpc) is 3.29. The Hall–Kier alpha value is -4.21. The van der Waals surface area contributed by atoms with Gasteiger partial charge in [-0.1, -0.05) is 30.3 Å². The highest BCUT2D eigenvalue weighted by atomic mass is 19.4. The van der Waals surface area contributed by atoms with Gasteiger partial charge >= 0.3 is 6.36 Å². The van der Waals surface area contributed by atoms with Gasteiger partial charge in [-0.05, 0) is 53.1 Å². The van der Waals surface area contributed by atoms with Crippen molar-refractivity contribution in [3.8, 4) is 22.6 Å². The average molecular weight is 473 g/mol. The van der Waals surface area contributed by atoms with E-state index in [0.29, 0.717) is 22.4 Å². The van der Waals surface area contributed by atoms with E-state index in [2.05, 4.69) is 15.0 Å². The maximum absolute atomic E-state index is 13.4. The van der Waals surface area contributed by atoms with E-state index in [-0.39, 0.29) is 18.0 Å². The molecular weight excluding hydrogens is 457 g/mol. The second-order valence-electron chi connectivity index (χ2n) is 7.21. The molecule has 0 aliphatic rings. The Bertz CT molecular complexity index is 1330. The number of aromatic nitrogens is 2. The number of benzene rings is 3. The highest BCUT2D eigenvalue weighted by Crippen LogP contribution is 2.29. The molecule has 0 saturated heterocycles. The van der Waals surface area contributed by atoms with Gasteiger partial charge in [0.25, 0.3) is 5.91 Å². The highest BCUT2D eigenvalue weighted by molar-refractivity contribution is 5.93. The van der Waals surface area contributed by atoms with Crippen molar-refractivity contribution in [1.82, 2.24) is 14.9 Å². The largest absolute Gasteiger partial charge is 0.573 e. The van der Waals surface area contributed by atoms with E-state index in [0.717, 1.165) is 12.1 Å². The van der Waals surface area contributed by atoms with Gasteiger partial charge in [0.2, 0.25) is 0 Å². The van der Waals surface area contributed by atoms with Crippen molar-refractivity contribution in [3.05, 3.63) is 102 Å². The second kappa shape index (κ2) is 9.34. The van der Waals surface area contributed by atoms with Gasteiger partial charge in [-0.3, -0.25) is 9.36 Å². The fraction of sp³-hybridized carbons (Fsp3) is 0.0833. The van der Waals surface area contributed by atoms with Crippen LogP contribution in [0.4, 0.5) is 22.0 Å². The first kappa shape index (κ1) is 23.0. The first-order valence-corrected chi connectivity index (χ1v) is 9.91. The lowest BCUT2D eigenvalue weighted by Crippen LogP contribution is -2.25. The molecule has 1 heterocycles. The molecule has 4 aromatic rings. The van der Waals surface area contributed by atoms with Crippen LogP contribution in [-0.2, 0) is 6.54 Å².